The van der Waals surface area contributed by atoms with Gasteiger partial charge in [0.15, 0.2) is 11.5 Å². The highest BCUT2D eigenvalue weighted by atomic mass is 16.3. The van der Waals surface area contributed by atoms with Crippen molar-refractivity contribution in [3.05, 3.63) is 65.9 Å². The zero-order chi connectivity index (χ0) is 19.4. The molecule has 0 bridgehead atoms. The van der Waals surface area contributed by atoms with Gasteiger partial charge in [0.05, 0.1) is 12.2 Å². The van der Waals surface area contributed by atoms with E-state index >= 15 is 0 Å². The van der Waals surface area contributed by atoms with E-state index in [2.05, 4.69) is 24.5 Å². The second-order valence-electron chi connectivity index (χ2n) is 6.92. The quantitative estimate of drug-likeness (QED) is 0.603. The molecule has 3 rings (SSSR count). The van der Waals surface area contributed by atoms with Crippen molar-refractivity contribution >= 4 is 28.3 Å². The molecule has 1 amide bonds. The first-order chi connectivity index (χ1) is 13.0. The molecule has 0 unspecified atom stereocenters. The number of carbonyl (C=O) groups excluding carboxylic acids is 2. The topological polar surface area (TPSA) is 71.3 Å². The van der Waals surface area contributed by atoms with Gasteiger partial charge in [0.1, 0.15) is 5.58 Å². The van der Waals surface area contributed by atoms with E-state index in [0.29, 0.717) is 17.2 Å². The highest BCUT2D eigenvalue weighted by Gasteiger charge is 2.21. The van der Waals surface area contributed by atoms with Crippen LogP contribution in [0.25, 0.3) is 11.0 Å². The smallest absolute Gasteiger partial charge is 0.238 e. The number of anilines is 1. The lowest BCUT2D eigenvalue weighted by Crippen LogP contribution is -2.33. The molecule has 0 saturated heterocycles. The van der Waals surface area contributed by atoms with E-state index in [1.54, 1.807) is 6.07 Å². The number of ketones is 1. The monoisotopic (exact) mass is 364 g/mol. The molecule has 27 heavy (non-hydrogen) atoms. The van der Waals surface area contributed by atoms with Crippen LogP contribution in [0.15, 0.2) is 59.0 Å². The van der Waals surface area contributed by atoms with Crippen LogP contribution in [0, 0.1) is 5.92 Å². The zero-order valence-electron chi connectivity index (χ0n) is 15.8. The number of carbonyl (C=O) groups is 2. The summed E-state index contributed by atoms with van der Waals surface area (Å²) in [5.41, 5.74) is 2.15. The number of amides is 1. The molecular weight excluding hydrogens is 340 g/mol. The molecule has 5 heteroatoms. The molecule has 1 aromatic heterocycles. The van der Waals surface area contributed by atoms with Crippen LogP contribution in [0.2, 0.25) is 0 Å². The van der Waals surface area contributed by atoms with Crippen LogP contribution in [-0.2, 0) is 4.79 Å². The van der Waals surface area contributed by atoms with Crippen LogP contribution >= 0.6 is 0 Å². The van der Waals surface area contributed by atoms with Crippen LogP contribution < -0.4 is 10.6 Å². The second-order valence-corrected chi connectivity index (χ2v) is 6.92. The molecule has 3 aromatic rings. The van der Waals surface area contributed by atoms with Crippen LogP contribution in [-0.4, -0.2) is 18.2 Å². The van der Waals surface area contributed by atoms with Crippen molar-refractivity contribution in [3.8, 4) is 0 Å². The van der Waals surface area contributed by atoms with Gasteiger partial charge in [-0.2, -0.15) is 0 Å². The van der Waals surface area contributed by atoms with Gasteiger partial charge in [0, 0.05) is 18.4 Å². The molecule has 1 atom stereocenters. The normalized spacial score (nSPS) is 12.3. The van der Waals surface area contributed by atoms with Crippen molar-refractivity contribution in [2.75, 3.05) is 11.9 Å². The van der Waals surface area contributed by atoms with Crippen molar-refractivity contribution in [2.45, 2.75) is 26.8 Å². The Morgan fingerprint density at radius 2 is 1.67 bits per heavy atom. The van der Waals surface area contributed by atoms with Crippen LogP contribution in [0.3, 0.4) is 0 Å². The summed E-state index contributed by atoms with van der Waals surface area (Å²) >= 11 is 0. The Morgan fingerprint density at radius 1 is 1.00 bits per heavy atom. The average molecular weight is 364 g/mol. The van der Waals surface area contributed by atoms with Gasteiger partial charge in [-0.15, -0.1) is 0 Å². The van der Waals surface area contributed by atoms with E-state index in [4.69, 9.17) is 4.42 Å². The molecule has 140 valence electrons. The fourth-order valence-electron chi connectivity index (χ4n) is 3.20. The lowest BCUT2D eigenvalue weighted by Gasteiger charge is -2.22. The molecule has 1 heterocycles. The van der Waals surface area contributed by atoms with Gasteiger partial charge in [-0.3, -0.25) is 9.59 Å². The van der Waals surface area contributed by atoms with Crippen molar-refractivity contribution in [1.82, 2.24) is 5.32 Å². The minimum atomic E-state index is -0.223. The Balaban J connectivity index is 1.75. The van der Waals surface area contributed by atoms with Gasteiger partial charge in [0.25, 0.3) is 0 Å². The molecule has 5 nitrogen and oxygen atoms in total. The number of hydrogen-bond acceptors (Lipinski definition) is 4. The number of nitrogens with one attached hydrogen (secondary N) is 2. The fourth-order valence-corrected chi connectivity index (χ4v) is 3.20. The number of benzene rings is 2. The fraction of sp³-hybridized carbons (Fsp3) is 0.273. The molecule has 0 aliphatic carbocycles. The van der Waals surface area contributed by atoms with Gasteiger partial charge in [0.2, 0.25) is 5.91 Å². The van der Waals surface area contributed by atoms with Crippen molar-refractivity contribution in [1.29, 1.82) is 0 Å². The lowest BCUT2D eigenvalue weighted by molar-refractivity contribution is -0.115. The van der Waals surface area contributed by atoms with E-state index in [9.17, 15) is 9.59 Å². The maximum atomic E-state index is 12.6. The summed E-state index contributed by atoms with van der Waals surface area (Å²) in [6.45, 7) is 5.78. The summed E-state index contributed by atoms with van der Waals surface area (Å²) in [5.74, 6) is 0.0557. The van der Waals surface area contributed by atoms with Crippen LogP contribution in [0.5, 0.6) is 0 Å². The second kappa shape index (κ2) is 8.18. The van der Waals surface area contributed by atoms with E-state index in [1.807, 2.05) is 48.5 Å². The first-order valence-corrected chi connectivity index (χ1v) is 9.08. The number of rotatable bonds is 7. The largest absolute Gasteiger partial charge is 0.451 e. The molecule has 0 aliphatic heterocycles. The Bertz CT molecular complexity index is 945. The Hall–Kier alpha value is -2.92. The number of fused-ring (bicyclic) bond motifs is 1. The molecular formula is C22H24N2O3. The Kier molecular flexibility index (Phi) is 5.72. The summed E-state index contributed by atoms with van der Waals surface area (Å²) in [6, 6.07) is 17.4. The molecule has 0 spiro atoms. The summed E-state index contributed by atoms with van der Waals surface area (Å²) in [5, 5.41) is 6.88. The standard InChI is InChI=1S/C22H24N2O3/c1-14(2)20(16-9-5-4-6-10-16)23-13-19(26)24-21-17-11-7-8-12-18(17)27-22(21)15(3)25/h4-12,14,20,23H,13H2,1-3H3,(H,24,26)/t20-/m0/s1. The van der Waals surface area contributed by atoms with E-state index in [1.165, 1.54) is 6.92 Å². The number of Topliss-reactive ketones (excluding diaryl/α,β-unsaturated/α-hetero) is 1. The van der Waals surface area contributed by atoms with E-state index < -0.39 is 0 Å². The number of hydrogen-bond donors (Lipinski definition) is 2. The van der Waals surface area contributed by atoms with Gasteiger partial charge in [-0.25, -0.2) is 0 Å². The number of para-hydroxylation sites is 1. The first kappa shape index (κ1) is 18.9. The van der Waals surface area contributed by atoms with Crippen molar-refractivity contribution < 1.29 is 14.0 Å². The van der Waals surface area contributed by atoms with Gasteiger partial charge in [-0.1, -0.05) is 56.3 Å². The van der Waals surface area contributed by atoms with Gasteiger partial charge in [-0.05, 0) is 23.6 Å². The maximum Gasteiger partial charge on any atom is 0.238 e. The summed E-state index contributed by atoms with van der Waals surface area (Å²) in [7, 11) is 0. The lowest BCUT2D eigenvalue weighted by atomic mass is 9.96. The average Bonchev–Trinajstić information content (AvgIpc) is 3.01. The minimum absolute atomic E-state index is 0.0605. The summed E-state index contributed by atoms with van der Waals surface area (Å²) in [6.07, 6.45) is 0. The molecule has 0 fully saturated rings. The third-order valence-corrected chi connectivity index (χ3v) is 4.49. The Morgan fingerprint density at radius 3 is 2.33 bits per heavy atom. The summed E-state index contributed by atoms with van der Waals surface area (Å²) in [4.78, 5) is 24.5. The van der Waals surface area contributed by atoms with E-state index in [-0.39, 0.29) is 30.0 Å². The molecule has 0 aliphatic rings. The van der Waals surface area contributed by atoms with Gasteiger partial charge < -0.3 is 15.1 Å². The summed E-state index contributed by atoms with van der Waals surface area (Å²) < 4.78 is 5.61. The molecule has 2 N–H and O–H groups in total. The predicted octanol–water partition coefficient (Wildman–Crippen LogP) is 4.56. The third kappa shape index (κ3) is 4.26. The van der Waals surface area contributed by atoms with Crippen LogP contribution in [0.4, 0.5) is 5.69 Å². The molecule has 2 aromatic carbocycles. The van der Waals surface area contributed by atoms with Crippen LogP contribution in [0.1, 0.15) is 42.9 Å². The zero-order valence-corrected chi connectivity index (χ0v) is 15.8. The van der Waals surface area contributed by atoms with E-state index in [0.717, 1.165) is 10.9 Å². The molecule has 0 saturated carbocycles. The molecule has 0 radical (unpaired) electrons. The SMILES string of the molecule is CC(=O)c1oc2ccccc2c1NC(=O)CN[C@H](c1ccccc1)C(C)C. The van der Waals surface area contributed by atoms with Crippen molar-refractivity contribution in [3.63, 3.8) is 0 Å². The minimum Gasteiger partial charge on any atom is -0.451 e. The maximum absolute atomic E-state index is 12.6. The first-order valence-electron chi connectivity index (χ1n) is 9.08. The predicted molar refractivity (Wildman–Crippen MR) is 107 cm³/mol. The highest BCUT2D eigenvalue weighted by Crippen LogP contribution is 2.31. The number of furan rings is 1. The Labute approximate surface area is 158 Å². The highest BCUT2D eigenvalue weighted by molar-refractivity contribution is 6.11. The van der Waals surface area contributed by atoms with Crippen molar-refractivity contribution in [2.24, 2.45) is 5.92 Å². The third-order valence-electron chi connectivity index (χ3n) is 4.49. The van der Waals surface area contributed by atoms with Gasteiger partial charge >= 0.3 is 0 Å².